The van der Waals surface area contributed by atoms with Crippen LogP contribution in [0, 0.1) is 0 Å². The van der Waals surface area contributed by atoms with E-state index in [2.05, 4.69) is 22.9 Å². The van der Waals surface area contributed by atoms with Crippen LogP contribution in [0.25, 0.3) is 0 Å². The molecule has 1 aromatic heterocycles. The number of hydrogen-bond acceptors (Lipinski definition) is 2. The van der Waals surface area contributed by atoms with Gasteiger partial charge >= 0.3 is 0 Å². The fourth-order valence-electron chi connectivity index (χ4n) is 2.21. The fraction of sp³-hybridized carbons (Fsp3) is 0.538. The normalized spacial score (nSPS) is 18.6. The number of hydrogen-bond donors (Lipinski definition) is 1. The van der Waals surface area contributed by atoms with Crippen molar-refractivity contribution in [2.45, 2.75) is 44.6 Å². The predicted molar refractivity (Wildman–Crippen MR) is 67.2 cm³/mol. The highest BCUT2D eigenvalue weighted by molar-refractivity contribution is 7.07. The monoisotopic (exact) mass is 221 g/mol. The van der Waals surface area contributed by atoms with Gasteiger partial charge in [-0.15, -0.1) is 0 Å². The average Bonchev–Trinajstić information content (AvgIpc) is 2.71. The molecule has 1 atom stereocenters. The summed E-state index contributed by atoms with van der Waals surface area (Å²) in [6.45, 7) is 0. The van der Waals surface area contributed by atoms with E-state index in [9.17, 15) is 0 Å². The van der Waals surface area contributed by atoms with Crippen molar-refractivity contribution in [2.75, 3.05) is 0 Å². The third-order valence-corrected chi connectivity index (χ3v) is 3.72. The summed E-state index contributed by atoms with van der Waals surface area (Å²) in [5.41, 5.74) is 9.14. The molecule has 2 rings (SSSR count). The van der Waals surface area contributed by atoms with Crippen molar-refractivity contribution < 1.29 is 0 Å². The van der Waals surface area contributed by atoms with Crippen LogP contribution in [0.2, 0.25) is 0 Å². The van der Waals surface area contributed by atoms with Crippen LogP contribution in [-0.4, -0.2) is 6.04 Å². The Labute approximate surface area is 96.0 Å². The Morgan fingerprint density at radius 2 is 2.27 bits per heavy atom. The number of nitrogens with two attached hydrogens (primary N) is 1. The number of allylic oxidation sites excluding steroid dienone is 1. The van der Waals surface area contributed by atoms with Crippen LogP contribution in [0.15, 0.2) is 28.5 Å². The molecule has 82 valence electrons. The number of rotatable bonds is 4. The van der Waals surface area contributed by atoms with Gasteiger partial charge in [0.05, 0.1) is 0 Å². The zero-order valence-corrected chi connectivity index (χ0v) is 9.93. The Morgan fingerprint density at radius 3 is 2.93 bits per heavy atom. The molecule has 0 saturated carbocycles. The third kappa shape index (κ3) is 3.47. The summed E-state index contributed by atoms with van der Waals surface area (Å²) >= 11 is 1.76. The molecule has 2 N–H and O–H groups in total. The summed E-state index contributed by atoms with van der Waals surface area (Å²) in [6.07, 6.45) is 9.78. The van der Waals surface area contributed by atoms with Gasteiger partial charge in [0.1, 0.15) is 0 Å². The Balaban J connectivity index is 1.81. The average molecular weight is 221 g/mol. The Kier molecular flexibility index (Phi) is 3.98. The minimum absolute atomic E-state index is 0.309. The molecule has 0 fully saturated rings. The van der Waals surface area contributed by atoms with Crippen molar-refractivity contribution in [3.05, 3.63) is 34.0 Å². The molecule has 1 aliphatic carbocycles. The van der Waals surface area contributed by atoms with Gasteiger partial charge in [-0.1, -0.05) is 11.6 Å². The summed E-state index contributed by atoms with van der Waals surface area (Å²) in [7, 11) is 0. The van der Waals surface area contributed by atoms with E-state index >= 15 is 0 Å². The minimum Gasteiger partial charge on any atom is -0.327 e. The molecule has 15 heavy (non-hydrogen) atoms. The Bertz CT molecular complexity index is 313. The molecule has 0 amide bonds. The predicted octanol–water partition coefficient (Wildman–Crippen LogP) is 3.51. The molecule has 0 spiro atoms. The van der Waals surface area contributed by atoms with Gasteiger partial charge in [-0.3, -0.25) is 0 Å². The summed E-state index contributed by atoms with van der Waals surface area (Å²) in [5.74, 6) is 0. The van der Waals surface area contributed by atoms with Gasteiger partial charge in [0.15, 0.2) is 0 Å². The molecule has 1 heterocycles. The summed E-state index contributed by atoms with van der Waals surface area (Å²) in [6, 6.07) is 2.49. The molecular formula is C13H19NS. The van der Waals surface area contributed by atoms with E-state index in [4.69, 9.17) is 5.73 Å². The lowest BCUT2D eigenvalue weighted by Crippen LogP contribution is -2.23. The standard InChI is InChI=1S/C13H19NS/c14-13(9-12-6-7-15-10-12)8-11-4-2-1-3-5-11/h4,6-7,10,13H,1-3,5,8-9,14H2. The maximum Gasteiger partial charge on any atom is 0.0117 e. The van der Waals surface area contributed by atoms with E-state index in [1.807, 2.05) is 0 Å². The largest absolute Gasteiger partial charge is 0.327 e. The fourth-order valence-corrected chi connectivity index (χ4v) is 2.89. The second-order valence-electron chi connectivity index (χ2n) is 4.41. The van der Waals surface area contributed by atoms with E-state index in [1.165, 1.54) is 31.2 Å². The van der Waals surface area contributed by atoms with E-state index in [0.29, 0.717) is 6.04 Å². The zero-order chi connectivity index (χ0) is 10.5. The van der Waals surface area contributed by atoms with Crippen molar-refractivity contribution >= 4 is 11.3 Å². The first-order valence-corrected chi connectivity index (χ1v) is 6.73. The summed E-state index contributed by atoms with van der Waals surface area (Å²) < 4.78 is 0. The van der Waals surface area contributed by atoms with E-state index in [1.54, 1.807) is 16.9 Å². The maximum atomic E-state index is 6.16. The summed E-state index contributed by atoms with van der Waals surface area (Å²) in [5, 5.41) is 4.33. The molecule has 0 radical (unpaired) electrons. The van der Waals surface area contributed by atoms with Crippen LogP contribution in [0.3, 0.4) is 0 Å². The highest BCUT2D eigenvalue weighted by atomic mass is 32.1. The van der Waals surface area contributed by atoms with Gasteiger partial charge in [0, 0.05) is 6.04 Å². The smallest absolute Gasteiger partial charge is 0.0117 e. The molecule has 2 heteroatoms. The second kappa shape index (κ2) is 5.47. The molecule has 0 bridgehead atoms. The van der Waals surface area contributed by atoms with Crippen LogP contribution in [0.4, 0.5) is 0 Å². The lowest BCUT2D eigenvalue weighted by Gasteiger charge is -2.16. The van der Waals surface area contributed by atoms with Crippen LogP contribution in [0.1, 0.15) is 37.7 Å². The SMILES string of the molecule is NC(CC1=CCCCC1)Cc1ccsc1. The van der Waals surface area contributed by atoms with Gasteiger partial charge in [-0.2, -0.15) is 11.3 Å². The van der Waals surface area contributed by atoms with E-state index < -0.39 is 0 Å². The van der Waals surface area contributed by atoms with E-state index in [-0.39, 0.29) is 0 Å². The molecular weight excluding hydrogens is 202 g/mol. The van der Waals surface area contributed by atoms with Gasteiger partial charge in [0.2, 0.25) is 0 Å². The van der Waals surface area contributed by atoms with Crippen molar-refractivity contribution in [2.24, 2.45) is 5.73 Å². The molecule has 1 nitrogen and oxygen atoms in total. The highest BCUT2D eigenvalue weighted by Crippen LogP contribution is 2.22. The molecule has 0 aromatic carbocycles. The lowest BCUT2D eigenvalue weighted by atomic mass is 9.93. The van der Waals surface area contributed by atoms with E-state index in [0.717, 1.165) is 12.8 Å². The van der Waals surface area contributed by atoms with Crippen LogP contribution < -0.4 is 5.73 Å². The van der Waals surface area contributed by atoms with Gasteiger partial charge in [0.25, 0.3) is 0 Å². The third-order valence-electron chi connectivity index (χ3n) is 2.99. The first-order chi connectivity index (χ1) is 7.34. The lowest BCUT2D eigenvalue weighted by molar-refractivity contribution is 0.606. The van der Waals surface area contributed by atoms with Crippen molar-refractivity contribution in [3.63, 3.8) is 0 Å². The van der Waals surface area contributed by atoms with Crippen molar-refractivity contribution in [1.29, 1.82) is 0 Å². The first-order valence-electron chi connectivity index (χ1n) is 5.79. The molecule has 0 saturated heterocycles. The zero-order valence-electron chi connectivity index (χ0n) is 9.11. The van der Waals surface area contributed by atoms with Crippen molar-refractivity contribution in [1.82, 2.24) is 0 Å². The van der Waals surface area contributed by atoms with Crippen molar-refractivity contribution in [3.8, 4) is 0 Å². The Hall–Kier alpha value is -0.600. The van der Waals surface area contributed by atoms with Gasteiger partial charge in [-0.25, -0.2) is 0 Å². The Morgan fingerprint density at radius 1 is 1.33 bits per heavy atom. The molecule has 1 aromatic rings. The van der Waals surface area contributed by atoms with Crippen LogP contribution >= 0.6 is 11.3 Å². The minimum atomic E-state index is 0.309. The maximum absolute atomic E-state index is 6.16. The number of thiophene rings is 1. The molecule has 1 unspecified atom stereocenters. The van der Waals surface area contributed by atoms with Gasteiger partial charge < -0.3 is 5.73 Å². The molecule has 1 aliphatic rings. The molecule has 0 aliphatic heterocycles. The topological polar surface area (TPSA) is 26.0 Å². The van der Waals surface area contributed by atoms with Crippen LogP contribution in [0.5, 0.6) is 0 Å². The second-order valence-corrected chi connectivity index (χ2v) is 5.19. The quantitative estimate of drug-likeness (QED) is 0.774. The highest BCUT2D eigenvalue weighted by Gasteiger charge is 2.09. The first kappa shape index (κ1) is 10.9. The van der Waals surface area contributed by atoms with Gasteiger partial charge in [-0.05, 0) is 60.9 Å². The van der Waals surface area contributed by atoms with Crippen LogP contribution in [-0.2, 0) is 6.42 Å². The summed E-state index contributed by atoms with van der Waals surface area (Å²) in [4.78, 5) is 0.